The molecule has 0 saturated carbocycles. The maximum atomic E-state index is 10.2. The van der Waals surface area contributed by atoms with Crippen molar-refractivity contribution in [2.45, 2.75) is 71.1 Å². The first kappa shape index (κ1) is 37.5. The fraction of sp³-hybridized carbons (Fsp3) is 1.00. The average Bonchev–Trinajstić information content (AvgIpc) is 2.32. The Morgan fingerprint density at radius 1 is 0.680 bits per heavy atom. The van der Waals surface area contributed by atoms with Gasteiger partial charge in [-0.2, -0.15) is 16.8 Å². The second kappa shape index (κ2) is 23.7. The second-order valence-corrected chi connectivity index (χ2v) is 6.87. The summed E-state index contributed by atoms with van der Waals surface area (Å²) < 4.78 is 64.6. The maximum absolute atomic E-state index is 10.2. The molecule has 0 atom stereocenters. The molecule has 0 aromatic heterocycles. The summed E-state index contributed by atoms with van der Waals surface area (Å²) >= 11 is 0. The molecule has 0 unspecified atom stereocenters. The van der Waals surface area contributed by atoms with Crippen LogP contribution in [0.1, 0.15) is 71.1 Å². The topological polar surface area (TPSA) is 170 Å². The molecule has 148 valence electrons. The standard InChI is InChI=1S/C12H26O4S.2Na.H2O4S.H2O.2H/c1-2-3-4-5-6-7-8-9-10-11-12-16-17(13,14)15;;;1-5(2,3)4;;;/h2-12H2,1H3,(H,13,14,15);;;(H2,1,2,3,4);1H2;;. The summed E-state index contributed by atoms with van der Waals surface area (Å²) in [7, 11) is -8.90. The van der Waals surface area contributed by atoms with Gasteiger partial charge in [-0.15, -0.1) is 0 Å². The van der Waals surface area contributed by atoms with E-state index < -0.39 is 20.8 Å². The van der Waals surface area contributed by atoms with E-state index in [1.54, 1.807) is 0 Å². The number of rotatable bonds is 12. The van der Waals surface area contributed by atoms with E-state index in [0.29, 0.717) is 6.42 Å². The van der Waals surface area contributed by atoms with E-state index in [2.05, 4.69) is 11.1 Å². The third-order valence-corrected chi connectivity index (χ3v) is 3.19. The summed E-state index contributed by atoms with van der Waals surface area (Å²) in [4.78, 5) is 0. The number of hydrogen-bond acceptors (Lipinski definition) is 5. The minimum absolute atomic E-state index is 0. The van der Waals surface area contributed by atoms with Crippen LogP contribution in [-0.4, -0.2) is 102 Å². The zero-order valence-electron chi connectivity index (χ0n) is 13.5. The second-order valence-electron chi connectivity index (χ2n) is 4.88. The molecular formula is C12H32Na2O9S2. The fourth-order valence-corrected chi connectivity index (χ4v) is 2.08. The van der Waals surface area contributed by atoms with Gasteiger partial charge in [0, 0.05) is 0 Å². The molecule has 0 aliphatic heterocycles. The van der Waals surface area contributed by atoms with Crippen molar-refractivity contribution in [1.82, 2.24) is 0 Å². The molecule has 0 aliphatic carbocycles. The van der Waals surface area contributed by atoms with Crippen LogP contribution in [0.15, 0.2) is 0 Å². The van der Waals surface area contributed by atoms with Crippen LogP contribution in [-0.2, 0) is 25.0 Å². The molecule has 13 heteroatoms. The van der Waals surface area contributed by atoms with Crippen LogP contribution in [0.3, 0.4) is 0 Å². The van der Waals surface area contributed by atoms with Crippen LogP contribution in [0.25, 0.3) is 0 Å². The first-order valence-electron chi connectivity index (χ1n) is 7.38. The van der Waals surface area contributed by atoms with Crippen LogP contribution in [0, 0.1) is 0 Å². The van der Waals surface area contributed by atoms with Crippen molar-refractivity contribution in [3.63, 3.8) is 0 Å². The Hall–Kier alpha value is 1.70. The van der Waals surface area contributed by atoms with Crippen molar-refractivity contribution in [3.05, 3.63) is 0 Å². The van der Waals surface area contributed by atoms with Crippen molar-refractivity contribution in [3.8, 4) is 0 Å². The Bertz CT molecular complexity index is 434. The van der Waals surface area contributed by atoms with Crippen LogP contribution in [0.5, 0.6) is 0 Å². The van der Waals surface area contributed by atoms with Crippen molar-refractivity contribution in [2.75, 3.05) is 6.61 Å². The van der Waals surface area contributed by atoms with Crippen molar-refractivity contribution < 1.29 is 40.2 Å². The zero-order valence-corrected chi connectivity index (χ0v) is 15.1. The molecule has 0 spiro atoms. The van der Waals surface area contributed by atoms with E-state index in [1.165, 1.54) is 44.9 Å². The summed E-state index contributed by atoms with van der Waals surface area (Å²) in [6.07, 6.45) is 11.9. The van der Waals surface area contributed by atoms with E-state index in [4.69, 9.17) is 22.1 Å². The van der Waals surface area contributed by atoms with Crippen LogP contribution in [0.4, 0.5) is 0 Å². The predicted molar refractivity (Wildman–Crippen MR) is 101 cm³/mol. The Balaban J connectivity index is -0.000000147. The first-order valence-corrected chi connectivity index (χ1v) is 10.1. The van der Waals surface area contributed by atoms with Crippen LogP contribution in [0.2, 0.25) is 0 Å². The molecule has 0 rings (SSSR count). The fourth-order valence-electron chi connectivity index (χ4n) is 1.75. The van der Waals surface area contributed by atoms with Gasteiger partial charge in [-0.3, -0.25) is 13.7 Å². The molecule has 0 aromatic rings. The predicted octanol–water partition coefficient (Wildman–Crippen LogP) is 0.952. The zero-order chi connectivity index (χ0) is 17.5. The molecule has 0 radical (unpaired) electrons. The SMILES string of the molecule is CCCCCCCCCCCCOS(=O)(=O)O.O.O=S(=O)(O)O.[NaH].[NaH]. The van der Waals surface area contributed by atoms with Gasteiger partial charge in [0.15, 0.2) is 0 Å². The van der Waals surface area contributed by atoms with Gasteiger partial charge < -0.3 is 5.48 Å². The van der Waals surface area contributed by atoms with Gasteiger partial charge in [-0.25, -0.2) is 4.18 Å². The monoisotopic (exact) mass is 430 g/mol. The van der Waals surface area contributed by atoms with Crippen molar-refractivity contribution >= 4 is 79.9 Å². The van der Waals surface area contributed by atoms with E-state index in [9.17, 15) is 8.42 Å². The van der Waals surface area contributed by atoms with Crippen LogP contribution >= 0.6 is 0 Å². The third kappa shape index (κ3) is 58.6. The Labute approximate surface area is 196 Å². The quantitative estimate of drug-likeness (QED) is 0.233. The Morgan fingerprint density at radius 3 is 1.24 bits per heavy atom. The molecular weight excluding hydrogens is 398 g/mol. The van der Waals surface area contributed by atoms with Gasteiger partial charge in [-0.05, 0) is 6.42 Å². The van der Waals surface area contributed by atoms with E-state index in [-0.39, 0.29) is 71.2 Å². The molecule has 0 fully saturated rings. The van der Waals surface area contributed by atoms with Gasteiger partial charge in [0.1, 0.15) is 0 Å². The summed E-state index contributed by atoms with van der Waals surface area (Å²) in [6, 6.07) is 0. The molecule has 0 heterocycles. The molecule has 0 bridgehead atoms. The molecule has 25 heavy (non-hydrogen) atoms. The first-order chi connectivity index (χ1) is 10.1. The van der Waals surface area contributed by atoms with E-state index in [0.717, 1.165) is 12.8 Å². The molecule has 0 aliphatic rings. The minimum atomic E-state index is -4.67. The van der Waals surface area contributed by atoms with Crippen molar-refractivity contribution in [1.29, 1.82) is 0 Å². The van der Waals surface area contributed by atoms with Gasteiger partial charge >= 0.3 is 79.9 Å². The number of hydrogen-bond donors (Lipinski definition) is 3. The van der Waals surface area contributed by atoms with Gasteiger partial charge in [0.2, 0.25) is 0 Å². The summed E-state index contributed by atoms with van der Waals surface area (Å²) in [6.45, 7) is 2.31. The van der Waals surface area contributed by atoms with Gasteiger partial charge in [0.05, 0.1) is 6.61 Å². The molecule has 0 saturated heterocycles. The normalized spacial score (nSPS) is 10.4. The average molecular weight is 430 g/mol. The Morgan fingerprint density at radius 2 is 0.960 bits per heavy atom. The summed E-state index contributed by atoms with van der Waals surface area (Å²) in [5, 5.41) is 0. The molecule has 0 amide bonds. The van der Waals surface area contributed by atoms with Gasteiger partial charge in [-0.1, -0.05) is 64.7 Å². The summed E-state index contributed by atoms with van der Waals surface area (Å²) in [5.74, 6) is 0. The Kier molecular flexibility index (Phi) is 35.6. The molecule has 9 nitrogen and oxygen atoms in total. The number of unbranched alkanes of at least 4 members (excludes halogenated alkanes) is 9. The molecule has 0 aromatic carbocycles. The van der Waals surface area contributed by atoms with Crippen molar-refractivity contribution in [2.24, 2.45) is 0 Å². The van der Waals surface area contributed by atoms with E-state index >= 15 is 0 Å². The van der Waals surface area contributed by atoms with Crippen LogP contribution < -0.4 is 0 Å². The third-order valence-electron chi connectivity index (χ3n) is 2.73. The summed E-state index contributed by atoms with van der Waals surface area (Å²) in [5.41, 5.74) is 0. The molecule has 5 N–H and O–H groups in total. The van der Waals surface area contributed by atoms with E-state index in [1.807, 2.05) is 0 Å². The van der Waals surface area contributed by atoms with Gasteiger partial charge in [0.25, 0.3) is 0 Å².